The molecule has 1 aliphatic rings. The van der Waals surface area contributed by atoms with E-state index < -0.39 is 5.60 Å². The molecular weight excluding hydrogens is 242 g/mol. The van der Waals surface area contributed by atoms with E-state index in [1.807, 2.05) is 13.0 Å². The third-order valence-corrected chi connectivity index (χ3v) is 3.85. The molecule has 0 bridgehead atoms. The van der Waals surface area contributed by atoms with Gasteiger partial charge in [0, 0.05) is 6.42 Å². The van der Waals surface area contributed by atoms with Crippen molar-refractivity contribution in [3.63, 3.8) is 0 Å². The van der Waals surface area contributed by atoms with Gasteiger partial charge in [-0.1, -0.05) is 12.8 Å². The Balaban J connectivity index is 1.81. The Morgan fingerprint density at radius 1 is 1.47 bits per heavy atom. The lowest BCUT2D eigenvalue weighted by atomic mass is 10.0. The van der Waals surface area contributed by atoms with Gasteiger partial charge in [-0.3, -0.25) is 4.79 Å². The number of hydrogen-bond donors (Lipinski definition) is 2. The first-order chi connectivity index (χ1) is 8.97. The standard InChI is InChI=1S/C15H23NO3/c1-11-7-8-13(19-11)15(2,18)10-16-14(17)9-12-5-3-4-6-12/h7-8,12,18H,3-6,9-10H2,1-2H3,(H,16,17). The lowest BCUT2D eigenvalue weighted by Crippen LogP contribution is -2.38. The molecule has 0 aliphatic heterocycles. The molecular formula is C15H23NO3. The van der Waals surface area contributed by atoms with Crippen LogP contribution in [0.2, 0.25) is 0 Å². The number of nitrogens with one attached hydrogen (secondary N) is 1. The topological polar surface area (TPSA) is 62.5 Å². The number of carbonyl (C=O) groups is 1. The molecule has 2 rings (SSSR count). The fourth-order valence-electron chi connectivity index (χ4n) is 2.63. The zero-order valence-electron chi connectivity index (χ0n) is 11.7. The van der Waals surface area contributed by atoms with Gasteiger partial charge in [0.05, 0.1) is 6.54 Å². The summed E-state index contributed by atoms with van der Waals surface area (Å²) in [6.07, 6.45) is 5.36. The molecule has 4 nitrogen and oxygen atoms in total. The number of rotatable bonds is 5. The maximum absolute atomic E-state index is 11.8. The van der Waals surface area contributed by atoms with E-state index in [9.17, 15) is 9.90 Å². The molecule has 1 amide bonds. The maximum atomic E-state index is 11.8. The van der Waals surface area contributed by atoms with E-state index >= 15 is 0 Å². The van der Waals surface area contributed by atoms with Crippen LogP contribution in [0.3, 0.4) is 0 Å². The van der Waals surface area contributed by atoms with Crippen LogP contribution in [0.4, 0.5) is 0 Å². The number of aliphatic hydroxyl groups is 1. The number of carbonyl (C=O) groups excluding carboxylic acids is 1. The van der Waals surface area contributed by atoms with Crippen molar-refractivity contribution in [1.29, 1.82) is 0 Å². The van der Waals surface area contributed by atoms with Crippen LogP contribution >= 0.6 is 0 Å². The normalized spacial score (nSPS) is 19.3. The van der Waals surface area contributed by atoms with Crippen molar-refractivity contribution in [3.05, 3.63) is 23.7 Å². The molecule has 0 saturated heterocycles. The highest BCUT2D eigenvalue weighted by atomic mass is 16.4. The lowest BCUT2D eigenvalue weighted by Gasteiger charge is -2.21. The van der Waals surface area contributed by atoms with Gasteiger partial charge in [-0.05, 0) is 44.7 Å². The third kappa shape index (κ3) is 3.83. The summed E-state index contributed by atoms with van der Waals surface area (Å²) in [6, 6.07) is 3.56. The molecule has 0 aromatic carbocycles. The highest BCUT2D eigenvalue weighted by Crippen LogP contribution is 2.27. The van der Waals surface area contributed by atoms with Crippen molar-refractivity contribution >= 4 is 5.91 Å². The predicted octanol–water partition coefficient (Wildman–Crippen LogP) is 2.49. The molecule has 1 fully saturated rings. The quantitative estimate of drug-likeness (QED) is 0.859. The monoisotopic (exact) mass is 265 g/mol. The number of hydrogen-bond acceptors (Lipinski definition) is 3. The van der Waals surface area contributed by atoms with E-state index in [-0.39, 0.29) is 12.5 Å². The van der Waals surface area contributed by atoms with E-state index in [2.05, 4.69) is 5.32 Å². The van der Waals surface area contributed by atoms with Gasteiger partial charge in [-0.15, -0.1) is 0 Å². The molecule has 1 heterocycles. The average molecular weight is 265 g/mol. The Bertz CT molecular complexity index is 430. The van der Waals surface area contributed by atoms with Gasteiger partial charge in [-0.2, -0.15) is 0 Å². The van der Waals surface area contributed by atoms with E-state index in [1.165, 1.54) is 12.8 Å². The van der Waals surface area contributed by atoms with Gasteiger partial charge in [0.25, 0.3) is 0 Å². The summed E-state index contributed by atoms with van der Waals surface area (Å²) in [5.41, 5.74) is -1.15. The lowest BCUT2D eigenvalue weighted by molar-refractivity contribution is -0.123. The van der Waals surface area contributed by atoms with Crippen LogP contribution in [0, 0.1) is 12.8 Å². The zero-order valence-corrected chi connectivity index (χ0v) is 11.7. The summed E-state index contributed by atoms with van der Waals surface area (Å²) in [6.45, 7) is 3.67. The van der Waals surface area contributed by atoms with Crippen LogP contribution in [0.15, 0.2) is 16.5 Å². The fourth-order valence-corrected chi connectivity index (χ4v) is 2.63. The molecule has 0 radical (unpaired) electrons. The second kappa shape index (κ2) is 5.78. The Kier molecular flexibility index (Phi) is 4.30. The highest BCUT2D eigenvalue weighted by molar-refractivity contribution is 5.76. The molecule has 1 saturated carbocycles. The molecule has 0 spiro atoms. The minimum atomic E-state index is -1.15. The zero-order chi connectivity index (χ0) is 13.9. The van der Waals surface area contributed by atoms with Crippen LogP contribution < -0.4 is 5.32 Å². The molecule has 1 unspecified atom stereocenters. The smallest absolute Gasteiger partial charge is 0.220 e. The first kappa shape index (κ1) is 14.1. The van der Waals surface area contributed by atoms with Gasteiger partial charge in [0.15, 0.2) is 0 Å². The van der Waals surface area contributed by atoms with Gasteiger partial charge in [0.1, 0.15) is 17.1 Å². The van der Waals surface area contributed by atoms with Crippen molar-refractivity contribution in [3.8, 4) is 0 Å². The van der Waals surface area contributed by atoms with Gasteiger partial charge in [0.2, 0.25) is 5.91 Å². The highest BCUT2D eigenvalue weighted by Gasteiger charge is 2.28. The van der Waals surface area contributed by atoms with Crippen LogP contribution in [-0.4, -0.2) is 17.6 Å². The SMILES string of the molecule is Cc1ccc(C(C)(O)CNC(=O)CC2CCCC2)o1. The Morgan fingerprint density at radius 3 is 2.74 bits per heavy atom. The van der Waals surface area contributed by atoms with Crippen molar-refractivity contribution < 1.29 is 14.3 Å². The molecule has 1 aromatic heterocycles. The van der Waals surface area contributed by atoms with Crippen molar-refractivity contribution in [2.75, 3.05) is 6.54 Å². The second-order valence-electron chi connectivity index (χ2n) is 5.82. The van der Waals surface area contributed by atoms with Crippen molar-refractivity contribution in [2.45, 2.75) is 51.6 Å². The van der Waals surface area contributed by atoms with E-state index in [0.29, 0.717) is 18.1 Å². The van der Waals surface area contributed by atoms with E-state index in [4.69, 9.17) is 4.42 Å². The van der Waals surface area contributed by atoms with Crippen molar-refractivity contribution in [2.24, 2.45) is 5.92 Å². The predicted molar refractivity (Wildman–Crippen MR) is 72.6 cm³/mol. The average Bonchev–Trinajstić information content (AvgIpc) is 2.98. The first-order valence-electron chi connectivity index (χ1n) is 7.03. The minimum Gasteiger partial charge on any atom is -0.463 e. The van der Waals surface area contributed by atoms with Crippen LogP contribution in [0.1, 0.15) is 50.5 Å². The van der Waals surface area contributed by atoms with Gasteiger partial charge in [-0.25, -0.2) is 0 Å². The minimum absolute atomic E-state index is 0.0236. The number of furan rings is 1. The Morgan fingerprint density at radius 2 is 2.16 bits per heavy atom. The van der Waals surface area contributed by atoms with Crippen LogP contribution in [0.5, 0.6) is 0 Å². The Hall–Kier alpha value is -1.29. The second-order valence-corrected chi connectivity index (χ2v) is 5.82. The molecule has 4 heteroatoms. The van der Waals surface area contributed by atoms with Crippen LogP contribution in [-0.2, 0) is 10.4 Å². The molecule has 106 valence electrons. The Labute approximate surface area is 114 Å². The molecule has 19 heavy (non-hydrogen) atoms. The largest absolute Gasteiger partial charge is 0.463 e. The summed E-state index contributed by atoms with van der Waals surface area (Å²) in [5.74, 6) is 1.80. The fraction of sp³-hybridized carbons (Fsp3) is 0.667. The van der Waals surface area contributed by atoms with Gasteiger partial charge >= 0.3 is 0 Å². The van der Waals surface area contributed by atoms with Crippen LogP contribution in [0.25, 0.3) is 0 Å². The summed E-state index contributed by atoms with van der Waals surface area (Å²) < 4.78 is 5.41. The summed E-state index contributed by atoms with van der Waals surface area (Å²) in [7, 11) is 0. The molecule has 1 aromatic rings. The summed E-state index contributed by atoms with van der Waals surface area (Å²) >= 11 is 0. The maximum Gasteiger partial charge on any atom is 0.220 e. The molecule has 1 aliphatic carbocycles. The summed E-state index contributed by atoms with van der Waals surface area (Å²) in [4.78, 5) is 11.8. The van der Waals surface area contributed by atoms with E-state index in [0.717, 1.165) is 18.6 Å². The van der Waals surface area contributed by atoms with Gasteiger partial charge < -0.3 is 14.8 Å². The van der Waals surface area contributed by atoms with E-state index in [1.54, 1.807) is 13.0 Å². The third-order valence-electron chi connectivity index (χ3n) is 3.85. The summed E-state index contributed by atoms with van der Waals surface area (Å²) in [5, 5.41) is 13.1. The number of aryl methyl sites for hydroxylation is 1. The molecule has 2 N–H and O–H groups in total. The van der Waals surface area contributed by atoms with Crippen molar-refractivity contribution in [1.82, 2.24) is 5.32 Å². The number of amides is 1. The first-order valence-corrected chi connectivity index (χ1v) is 7.03. The molecule has 1 atom stereocenters.